The highest BCUT2D eigenvalue weighted by atomic mass is 32.2. The molecule has 4 saturated carbocycles. The number of hydrogen-bond donors (Lipinski definition) is 1. The van der Waals surface area contributed by atoms with Crippen LogP contribution in [0.25, 0.3) is 0 Å². The molecule has 7 heteroatoms. The van der Waals surface area contributed by atoms with Crippen molar-refractivity contribution in [3.05, 3.63) is 35.7 Å². The molecule has 0 spiro atoms. The van der Waals surface area contributed by atoms with E-state index in [4.69, 9.17) is 9.15 Å². The summed E-state index contributed by atoms with van der Waals surface area (Å²) in [6, 6.07) is 7.78. The highest BCUT2D eigenvalue weighted by molar-refractivity contribution is 7.99. The van der Waals surface area contributed by atoms with Gasteiger partial charge in [-0.25, -0.2) is 0 Å². The fraction of sp³-hybridized carbons (Fsp3) is 0.609. The van der Waals surface area contributed by atoms with E-state index < -0.39 is 0 Å². The predicted molar refractivity (Wildman–Crippen MR) is 114 cm³/mol. The lowest BCUT2D eigenvalue weighted by Crippen LogP contribution is -2.51. The van der Waals surface area contributed by atoms with Gasteiger partial charge in [0.25, 0.3) is 5.22 Å². The lowest BCUT2D eigenvalue weighted by atomic mass is 9.49. The van der Waals surface area contributed by atoms with Crippen LogP contribution in [0.5, 0.6) is 5.75 Å². The summed E-state index contributed by atoms with van der Waals surface area (Å²) in [7, 11) is 1.65. The van der Waals surface area contributed by atoms with Crippen molar-refractivity contribution in [1.29, 1.82) is 0 Å². The average Bonchev–Trinajstić information content (AvgIpc) is 3.18. The van der Waals surface area contributed by atoms with Crippen LogP contribution in [0, 0.1) is 23.2 Å². The van der Waals surface area contributed by atoms with Gasteiger partial charge in [0.15, 0.2) is 0 Å². The average molecular weight is 428 g/mol. The van der Waals surface area contributed by atoms with Crippen LogP contribution in [-0.2, 0) is 11.2 Å². The Kier molecular flexibility index (Phi) is 5.48. The van der Waals surface area contributed by atoms with Crippen LogP contribution >= 0.6 is 11.8 Å². The summed E-state index contributed by atoms with van der Waals surface area (Å²) in [5, 5.41) is 11.8. The quantitative estimate of drug-likeness (QED) is 0.640. The molecule has 160 valence electrons. The van der Waals surface area contributed by atoms with Crippen LogP contribution < -0.4 is 10.1 Å². The molecule has 2 aromatic rings. The summed E-state index contributed by atoms with van der Waals surface area (Å²) < 4.78 is 10.9. The zero-order valence-corrected chi connectivity index (χ0v) is 18.2. The van der Waals surface area contributed by atoms with Gasteiger partial charge in [-0.2, -0.15) is 0 Å². The van der Waals surface area contributed by atoms with Crippen molar-refractivity contribution in [2.24, 2.45) is 23.2 Å². The Hall–Kier alpha value is -2.02. The van der Waals surface area contributed by atoms with E-state index in [2.05, 4.69) is 15.5 Å². The van der Waals surface area contributed by atoms with E-state index in [-0.39, 0.29) is 5.91 Å². The molecule has 1 aromatic carbocycles. The van der Waals surface area contributed by atoms with E-state index >= 15 is 0 Å². The normalized spacial score (nSPS) is 29.2. The molecule has 30 heavy (non-hydrogen) atoms. The Labute approximate surface area is 181 Å². The third-order valence-corrected chi connectivity index (χ3v) is 7.93. The van der Waals surface area contributed by atoms with E-state index in [1.54, 1.807) is 7.11 Å². The molecule has 0 saturated heterocycles. The zero-order valence-electron chi connectivity index (χ0n) is 17.4. The number of carbonyl (C=O) groups is 1. The standard InChI is InChI=1S/C23H29N3O3S/c1-28-19-4-2-15(3-5-19)9-21-25-26-22(29-21)30-13-20(27)24-14-23-10-16-6-17(11-23)8-18(7-16)12-23/h2-5,16-18H,6-14H2,1H3,(H,24,27). The number of nitrogens with one attached hydrogen (secondary N) is 1. The Balaban J connectivity index is 1.08. The second-order valence-corrected chi connectivity index (χ2v) is 10.4. The van der Waals surface area contributed by atoms with Crippen molar-refractivity contribution in [3.8, 4) is 5.75 Å². The van der Waals surface area contributed by atoms with Crippen LogP contribution in [0.4, 0.5) is 0 Å². The van der Waals surface area contributed by atoms with Gasteiger partial charge in [-0.05, 0) is 79.4 Å². The number of amides is 1. The number of aromatic nitrogens is 2. The SMILES string of the molecule is COc1ccc(Cc2nnc(SCC(=O)NCC34CC5CC(CC(C5)C3)C4)o2)cc1. The third kappa shape index (κ3) is 4.36. The van der Waals surface area contributed by atoms with Gasteiger partial charge in [0, 0.05) is 6.54 Å². The lowest BCUT2D eigenvalue weighted by Gasteiger charge is -2.56. The van der Waals surface area contributed by atoms with E-state index in [9.17, 15) is 4.79 Å². The number of methoxy groups -OCH3 is 1. The maximum atomic E-state index is 12.4. The summed E-state index contributed by atoms with van der Waals surface area (Å²) in [6.07, 6.45) is 8.79. The molecule has 0 aliphatic heterocycles. The van der Waals surface area contributed by atoms with E-state index in [0.717, 1.165) is 35.6 Å². The Bertz CT molecular complexity index is 860. The van der Waals surface area contributed by atoms with Gasteiger partial charge in [0.05, 0.1) is 19.3 Å². The molecule has 1 aromatic heterocycles. The Morgan fingerprint density at radius 2 is 1.80 bits per heavy atom. The van der Waals surface area contributed by atoms with Crippen molar-refractivity contribution in [1.82, 2.24) is 15.5 Å². The topological polar surface area (TPSA) is 77.2 Å². The first-order valence-corrected chi connectivity index (χ1v) is 11.9. The second kappa shape index (κ2) is 8.25. The van der Waals surface area contributed by atoms with Gasteiger partial charge in [0.2, 0.25) is 11.8 Å². The van der Waals surface area contributed by atoms with Crippen molar-refractivity contribution in [3.63, 3.8) is 0 Å². The molecule has 4 bridgehead atoms. The summed E-state index contributed by atoms with van der Waals surface area (Å²) >= 11 is 1.31. The van der Waals surface area contributed by atoms with Crippen LogP contribution in [0.2, 0.25) is 0 Å². The van der Waals surface area contributed by atoms with Gasteiger partial charge >= 0.3 is 0 Å². The maximum Gasteiger partial charge on any atom is 0.277 e. The molecule has 4 aliphatic carbocycles. The monoisotopic (exact) mass is 427 g/mol. The van der Waals surface area contributed by atoms with Gasteiger partial charge in [0.1, 0.15) is 5.75 Å². The highest BCUT2D eigenvalue weighted by Gasteiger charge is 2.50. The summed E-state index contributed by atoms with van der Waals surface area (Å²) in [5.41, 5.74) is 1.44. The Morgan fingerprint density at radius 1 is 1.13 bits per heavy atom. The van der Waals surface area contributed by atoms with Crippen LogP contribution in [0.15, 0.2) is 33.9 Å². The predicted octanol–water partition coefficient (Wildman–Crippen LogP) is 4.09. The maximum absolute atomic E-state index is 12.4. The minimum atomic E-state index is 0.0608. The first-order chi connectivity index (χ1) is 14.6. The second-order valence-electron chi connectivity index (χ2n) is 9.47. The minimum absolute atomic E-state index is 0.0608. The highest BCUT2D eigenvalue weighted by Crippen LogP contribution is 2.59. The van der Waals surface area contributed by atoms with Crippen molar-refractivity contribution in [2.45, 2.75) is 50.2 Å². The molecular weight excluding hydrogens is 398 g/mol. The van der Waals surface area contributed by atoms with Crippen molar-refractivity contribution in [2.75, 3.05) is 19.4 Å². The largest absolute Gasteiger partial charge is 0.497 e. The number of rotatable bonds is 8. The van der Waals surface area contributed by atoms with Crippen LogP contribution in [0.1, 0.15) is 50.0 Å². The van der Waals surface area contributed by atoms with Gasteiger partial charge < -0.3 is 14.5 Å². The molecule has 1 N–H and O–H groups in total. The molecule has 0 radical (unpaired) electrons. The van der Waals surface area contributed by atoms with E-state index in [0.29, 0.717) is 28.7 Å². The molecule has 1 heterocycles. The van der Waals surface area contributed by atoms with Gasteiger partial charge in [-0.1, -0.05) is 23.9 Å². The summed E-state index contributed by atoms with van der Waals surface area (Å²) in [5.74, 6) is 4.47. The molecule has 1 amide bonds. The molecule has 4 fully saturated rings. The summed E-state index contributed by atoms with van der Waals surface area (Å²) in [6.45, 7) is 0.836. The fourth-order valence-corrected chi connectivity index (χ4v) is 6.87. The molecule has 4 aliphatic rings. The van der Waals surface area contributed by atoms with Crippen molar-refractivity contribution >= 4 is 17.7 Å². The first kappa shape index (κ1) is 19.9. The molecule has 0 atom stereocenters. The first-order valence-electron chi connectivity index (χ1n) is 10.9. The molecule has 6 rings (SSSR count). The zero-order chi connectivity index (χ0) is 20.6. The summed E-state index contributed by atoms with van der Waals surface area (Å²) in [4.78, 5) is 12.4. The minimum Gasteiger partial charge on any atom is -0.497 e. The smallest absolute Gasteiger partial charge is 0.277 e. The van der Waals surface area contributed by atoms with Crippen molar-refractivity contribution < 1.29 is 13.9 Å². The lowest BCUT2D eigenvalue weighted by molar-refractivity contribution is -0.120. The molecule has 6 nitrogen and oxygen atoms in total. The third-order valence-electron chi connectivity index (χ3n) is 7.12. The van der Waals surface area contributed by atoms with Gasteiger partial charge in [-0.3, -0.25) is 4.79 Å². The van der Waals surface area contributed by atoms with E-state index in [1.165, 1.54) is 50.3 Å². The van der Waals surface area contributed by atoms with Crippen LogP contribution in [-0.4, -0.2) is 35.5 Å². The van der Waals surface area contributed by atoms with Gasteiger partial charge in [-0.15, -0.1) is 10.2 Å². The number of nitrogens with zero attached hydrogens (tertiary/aromatic N) is 2. The number of thioether (sulfide) groups is 1. The molecular formula is C23H29N3O3S. The number of ether oxygens (including phenoxy) is 1. The fourth-order valence-electron chi connectivity index (χ4n) is 6.26. The number of hydrogen-bond acceptors (Lipinski definition) is 6. The van der Waals surface area contributed by atoms with E-state index in [1.807, 2.05) is 24.3 Å². The number of benzene rings is 1. The van der Waals surface area contributed by atoms with Crippen LogP contribution in [0.3, 0.4) is 0 Å². The number of carbonyl (C=O) groups excluding carboxylic acids is 1. The molecule has 0 unspecified atom stereocenters. The Morgan fingerprint density at radius 3 is 2.43 bits per heavy atom.